The van der Waals surface area contributed by atoms with Crippen LogP contribution in [0.25, 0.3) is 5.52 Å². The summed E-state index contributed by atoms with van der Waals surface area (Å²) in [5, 5.41) is 7.28. The first-order chi connectivity index (χ1) is 20.4. The van der Waals surface area contributed by atoms with Crippen molar-refractivity contribution >= 4 is 33.4 Å². The van der Waals surface area contributed by atoms with Gasteiger partial charge in [-0.2, -0.15) is 9.61 Å². The van der Waals surface area contributed by atoms with Gasteiger partial charge in [-0.3, -0.25) is 9.36 Å². The SMILES string of the molecule is CCC(c1cc2c(Br)c(C)nn2c(=O)n1Cc1ccccc1)N(CCCNC(=O)OC(C)(C)C)C(=O)c1ccc(C)cc1. The van der Waals surface area contributed by atoms with Gasteiger partial charge in [0.05, 0.1) is 28.3 Å². The van der Waals surface area contributed by atoms with Crippen LogP contribution in [0.3, 0.4) is 0 Å². The predicted molar refractivity (Wildman–Crippen MR) is 172 cm³/mol. The molecule has 4 aromatic rings. The summed E-state index contributed by atoms with van der Waals surface area (Å²) < 4.78 is 9.23. The number of aromatic nitrogens is 3. The minimum atomic E-state index is -0.605. The predicted octanol–water partition coefficient (Wildman–Crippen LogP) is 6.43. The lowest BCUT2D eigenvalue weighted by Gasteiger charge is -2.33. The van der Waals surface area contributed by atoms with Gasteiger partial charge in [-0.05, 0) is 87.2 Å². The summed E-state index contributed by atoms with van der Waals surface area (Å²) >= 11 is 3.61. The highest BCUT2D eigenvalue weighted by atomic mass is 79.9. The maximum atomic E-state index is 14.1. The second-order valence-electron chi connectivity index (χ2n) is 11.7. The number of halogens is 1. The van der Waals surface area contributed by atoms with Crippen molar-refractivity contribution in [2.24, 2.45) is 0 Å². The van der Waals surface area contributed by atoms with E-state index in [0.29, 0.717) is 54.9 Å². The number of hydrogen-bond donors (Lipinski definition) is 1. The number of rotatable bonds is 10. The van der Waals surface area contributed by atoms with E-state index in [-0.39, 0.29) is 11.6 Å². The van der Waals surface area contributed by atoms with E-state index in [9.17, 15) is 14.4 Å². The molecule has 0 aliphatic heterocycles. The summed E-state index contributed by atoms with van der Waals surface area (Å²) in [4.78, 5) is 42.2. The van der Waals surface area contributed by atoms with E-state index in [4.69, 9.17) is 4.74 Å². The molecule has 0 spiro atoms. The fourth-order valence-corrected chi connectivity index (χ4v) is 5.41. The van der Waals surface area contributed by atoms with Crippen molar-refractivity contribution in [3.63, 3.8) is 0 Å². The first-order valence-corrected chi connectivity index (χ1v) is 15.4. The second kappa shape index (κ2) is 13.6. The van der Waals surface area contributed by atoms with Crippen molar-refractivity contribution in [3.8, 4) is 0 Å². The molecule has 228 valence electrons. The number of benzene rings is 2. The third-order valence-corrected chi connectivity index (χ3v) is 8.10. The molecule has 2 aromatic carbocycles. The zero-order valence-corrected chi connectivity index (χ0v) is 27.3. The van der Waals surface area contributed by atoms with Gasteiger partial charge in [0, 0.05) is 24.3 Å². The highest BCUT2D eigenvalue weighted by molar-refractivity contribution is 9.10. The van der Waals surface area contributed by atoms with Gasteiger partial charge in [-0.1, -0.05) is 55.0 Å². The molecule has 2 amide bonds. The Morgan fingerprint density at radius 2 is 1.74 bits per heavy atom. The fourth-order valence-electron chi connectivity index (χ4n) is 5.04. The third kappa shape index (κ3) is 7.73. The van der Waals surface area contributed by atoms with Crippen LogP contribution < -0.4 is 11.0 Å². The molecule has 1 N–H and O–H groups in total. The number of ether oxygens (including phenoxy) is 1. The summed E-state index contributed by atoms with van der Waals surface area (Å²) in [7, 11) is 0. The van der Waals surface area contributed by atoms with Gasteiger partial charge in [-0.25, -0.2) is 9.59 Å². The Bertz CT molecular complexity index is 1640. The maximum Gasteiger partial charge on any atom is 0.407 e. The van der Waals surface area contributed by atoms with E-state index in [2.05, 4.69) is 26.3 Å². The molecule has 2 aromatic heterocycles. The Labute approximate surface area is 261 Å². The van der Waals surface area contributed by atoms with E-state index in [1.165, 1.54) is 4.52 Å². The van der Waals surface area contributed by atoms with Crippen LogP contribution >= 0.6 is 15.9 Å². The number of alkyl carbamates (subject to hydrolysis) is 1. The topological polar surface area (TPSA) is 97.9 Å². The normalized spacial score (nSPS) is 12.3. The summed E-state index contributed by atoms with van der Waals surface area (Å²) in [6.45, 7) is 12.3. The van der Waals surface area contributed by atoms with Gasteiger partial charge < -0.3 is 15.0 Å². The Hall–Kier alpha value is -3.92. The van der Waals surface area contributed by atoms with Crippen molar-refractivity contribution in [2.75, 3.05) is 13.1 Å². The van der Waals surface area contributed by atoms with Gasteiger partial charge >= 0.3 is 11.8 Å². The first-order valence-electron chi connectivity index (χ1n) is 14.6. The van der Waals surface area contributed by atoms with Crippen molar-refractivity contribution in [1.82, 2.24) is 24.4 Å². The number of nitrogens with one attached hydrogen (secondary N) is 1. The number of amides is 2. The highest BCUT2D eigenvalue weighted by Crippen LogP contribution is 2.30. The van der Waals surface area contributed by atoms with Crippen molar-refractivity contribution in [2.45, 2.75) is 72.6 Å². The van der Waals surface area contributed by atoms with Crippen LogP contribution in [-0.2, 0) is 11.3 Å². The second-order valence-corrected chi connectivity index (χ2v) is 12.5. The lowest BCUT2D eigenvalue weighted by molar-refractivity contribution is 0.0523. The van der Waals surface area contributed by atoms with Gasteiger partial charge in [0.15, 0.2) is 0 Å². The van der Waals surface area contributed by atoms with E-state index in [1.807, 2.05) is 107 Å². The number of aryl methyl sites for hydroxylation is 2. The minimum absolute atomic E-state index is 0.147. The van der Waals surface area contributed by atoms with Crippen molar-refractivity contribution < 1.29 is 14.3 Å². The van der Waals surface area contributed by atoms with Crippen molar-refractivity contribution in [1.29, 1.82) is 0 Å². The maximum absolute atomic E-state index is 14.1. The molecule has 0 fully saturated rings. The van der Waals surface area contributed by atoms with Crippen LogP contribution in [0.4, 0.5) is 4.79 Å². The van der Waals surface area contributed by atoms with Crippen LogP contribution in [0.1, 0.15) is 79.5 Å². The molecule has 0 saturated heterocycles. The minimum Gasteiger partial charge on any atom is -0.444 e. The molecule has 2 heterocycles. The molecular weight excluding hydrogens is 610 g/mol. The molecule has 0 aliphatic rings. The Morgan fingerprint density at radius 3 is 2.37 bits per heavy atom. The Balaban J connectivity index is 1.76. The number of hydrogen-bond acceptors (Lipinski definition) is 5. The van der Waals surface area contributed by atoms with Gasteiger partial charge in [0.1, 0.15) is 5.60 Å². The van der Waals surface area contributed by atoms with E-state index in [0.717, 1.165) is 15.6 Å². The zero-order chi connectivity index (χ0) is 31.3. The van der Waals surface area contributed by atoms with E-state index in [1.54, 1.807) is 4.57 Å². The van der Waals surface area contributed by atoms with Crippen LogP contribution in [0.5, 0.6) is 0 Å². The molecule has 0 saturated carbocycles. The monoisotopic (exact) mass is 649 g/mol. The largest absolute Gasteiger partial charge is 0.444 e. The molecular formula is C33H40BrN5O4. The van der Waals surface area contributed by atoms with Crippen LogP contribution in [0.2, 0.25) is 0 Å². The van der Waals surface area contributed by atoms with Gasteiger partial charge in [0.25, 0.3) is 5.91 Å². The fraction of sp³-hybridized carbons (Fsp3) is 0.394. The molecule has 0 bridgehead atoms. The Morgan fingerprint density at radius 1 is 1.07 bits per heavy atom. The molecule has 10 heteroatoms. The molecule has 4 rings (SSSR count). The zero-order valence-electron chi connectivity index (χ0n) is 25.7. The average Bonchev–Trinajstić information content (AvgIpc) is 3.25. The van der Waals surface area contributed by atoms with Gasteiger partial charge in [-0.15, -0.1) is 0 Å². The smallest absolute Gasteiger partial charge is 0.407 e. The summed E-state index contributed by atoms with van der Waals surface area (Å²) in [6, 6.07) is 18.8. The molecule has 1 atom stereocenters. The van der Waals surface area contributed by atoms with E-state index < -0.39 is 17.7 Å². The first kappa shape index (κ1) is 32.0. The van der Waals surface area contributed by atoms with Crippen LogP contribution in [-0.4, -0.2) is 49.8 Å². The molecule has 43 heavy (non-hydrogen) atoms. The highest BCUT2D eigenvalue weighted by Gasteiger charge is 2.29. The number of carbonyl (C=O) groups excluding carboxylic acids is 2. The molecule has 0 aliphatic carbocycles. The molecule has 9 nitrogen and oxygen atoms in total. The Kier molecular flexibility index (Phi) is 10.1. The van der Waals surface area contributed by atoms with Crippen LogP contribution in [0, 0.1) is 13.8 Å². The van der Waals surface area contributed by atoms with Crippen LogP contribution in [0.15, 0.2) is 69.9 Å². The van der Waals surface area contributed by atoms with Gasteiger partial charge in [0.2, 0.25) is 0 Å². The average molecular weight is 651 g/mol. The lowest BCUT2D eigenvalue weighted by Crippen LogP contribution is -2.41. The summed E-state index contributed by atoms with van der Waals surface area (Å²) in [5.74, 6) is -0.147. The summed E-state index contributed by atoms with van der Waals surface area (Å²) in [5.41, 5.74) is 3.75. The number of nitrogens with zero attached hydrogens (tertiary/aromatic N) is 4. The quantitative estimate of drug-likeness (QED) is 0.200. The lowest BCUT2D eigenvalue weighted by atomic mass is 10.0. The van der Waals surface area contributed by atoms with Crippen molar-refractivity contribution in [3.05, 3.63) is 104 Å². The number of carbonyl (C=O) groups is 2. The third-order valence-electron chi connectivity index (χ3n) is 7.12. The number of fused-ring (bicyclic) bond motifs is 1. The van der Waals surface area contributed by atoms with E-state index >= 15 is 0 Å². The summed E-state index contributed by atoms with van der Waals surface area (Å²) in [6.07, 6.45) is 0.555. The standard InChI is InChI=1S/C33H40BrN5O4/c1-7-26(27-20-28-29(34)23(3)36-39(28)32(42)38(27)21-24-12-9-8-10-13-24)37(30(40)25-16-14-22(2)15-17-25)19-11-18-35-31(41)43-33(4,5)6/h8-10,12-17,20,26H,7,11,18-19,21H2,1-6H3,(H,35,41). The molecule has 0 radical (unpaired) electrons. The molecule has 1 unspecified atom stereocenters.